The van der Waals surface area contributed by atoms with E-state index in [9.17, 15) is 9.59 Å². The predicted molar refractivity (Wildman–Crippen MR) is 109 cm³/mol. The third kappa shape index (κ3) is 4.29. The summed E-state index contributed by atoms with van der Waals surface area (Å²) < 4.78 is 16.7. The summed E-state index contributed by atoms with van der Waals surface area (Å²) >= 11 is 0. The Morgan fingerprint density at radius 1 is 1.10 bits per heavy atom. The minimum absolute atomic E-state index is 0.0650. The van der Waals surface area contributed by atoms with Gasteiger partial charge in [-0.2, -0.15) is 0 Å². The lowest BCUT2D eigenvalue weighted by molar-refractivity contribution is -0.122. The van der Waals surface area contributed by atoms with Gasteiger partial charge in [0, 0.05) is 30.4 Å². The van der Waals surface area contributed by atoms with Crippen LogP contribution in [0.15, 0.2) is 42.5 Å². The molecule has 4 rings (SSSR count). The first-order chi connectivity index (χ1) is 14.0. The average molecular weight is 396 g/mol. The van der Waals surface area contributed by atoms with Crippen molar-refractivity contribution in [2.45, 2.75) is 26.4 Å². The van der Waals surface area contributed by atoms with E-state index >= 15 is 0 Å². The highest BCUT2D eigenvalue weighted by Crippen LogP contribution is 2.33. The monoisotopic (exact) mass is 396 g/mol. The van der Waals surface area contributed by atoms with Crippen molar-refractivity contribution >= 4 is 23.2 Å². The van der Waals surface area contributed by atoms with Crippen LogP contribution in [-0.2, 0) is 9.59 Å². The Morgan fingerprint density at radius 2 is 1.83 bits per heavy atom. The van der Waals surface area contributed by atoms with Gasteiger partial charge in [-0.3, -0.25) is 9.59 Å². The Bertz CT molecular complexity index is 910. The molecule has 1 unspecified atom stereocenters. The van der Waals surface area contributed by atoms with Gasteiger partial charge < -0.3 is 24.4 Å². The van der Waals surface area contributed by atoms with E-state index in [1.54, 1.807) is 23.1 Å². The molecule has 2 aliphatic heterocycles. The highest BCUT2D eigenvalue weighted by Gasteiger charge is 2.35. The number of anilines is 2. The van der Waals surface area contributed by atoms with Gasteiger partial charge in [0.05, 0.1) is 12.0 Å². The fourth-order valence-electron chi connectivity index (χ4n) is 3.47. The molecular weight excluding hydrogens is 372 g/mol. The number of nitrogens with zero attached hydrogens (tertiary/aromatic N) is 1. The van der Waals surface area contributed by atoms with E-state index in [4.69, 9.17) is 14.2 Å². The Hall–Kier alpha value is -3.22. The number of carbonyl (C=O) groups is 2. The lowest BCUT2D eigenvalue weighted by Gasteiger charge is -2.20. The van der Waals surface area contributed by atoms with E-state index in [-0.39, 0.29) is 24.3 Å². The zero-order valence-corrected chi connectivity index (χ0v) is 16.5. The lowest BCUT2D eigenvalue weighted by atomic mass is 10.1. The van der Waals surface area contributed by atoms with Gasteiger partial charge in [-0.15, -0.1) is 0 Å². The van der Waals surface area contributed by atoms with Crippen molar-refractivity contribution in [2.24, 2.45) is 5.92 Å². The molecule has 7 nitrogen and oxygen atoms in total. The second kappa shape index (κ2) is 8.03. The number of hydrogen-bond acceptors (Lipinski definition) is 5. The van der Waals surface area contributed by atoms with Crippen molar-refractivity contribution in [3.8, 4) is 17.2 Å². The van der Waals surface area contributed by atoms with Crippen LogP contribution in [0.3, 0.4) is 0 Å². The maximum atomic E-state index is 12.7. The van der Waals surface area contributed by atoms with Crippen LogP contribution in [0.25, 0.3) is 0 Å². The minimum Gasteiger partial charge on any atom is -0.491 e. The molecule has 0 aliphatic carbocycles. The molecule has 0 aromatic heterocycles. The Kier molecular flexibility index (Phi) is 5.29. The molecular formula is C22H24N2O5. The first-order valence-electron chi connectivity index (χ1n) is 9.77. The van der Waals surface area contributed by atoms with Crippen molar-refractivity contribution in [1.82, 2.24) is 0 Å². The molecule has 7 heteroatoms. The number of fused-ring (bicyclic) bond motifs is 1. The molecule has 2 aromatic carbocycles. The highest BCUT2D eigenvalue weighted by atomic mass is 16.6. The van der Waals surface area contributed by atoms with E-state index in [0.717, 1.165) is 11.4 Å². The van der Waals surface area contributed by atoms with E-state index in [1.165, 1.54) is 0 Å². The molecule has 0 spiro atoms. The third-order valence-corrected chi connectivity index (χ3v) is 4.83. The Morgan fingerprint density at radius 3 is 2.55 bits per heavy atom. The topological polar surface area (TPSA) is 77.1 Å². The van der Waals surface area contributed by atoms with Gasteiger partial charge >= 0.3 is 0 Å². The standard InChI is InChI=1S/C22H24N2O5/c1-14(2)29-18-6-4-17(5-7-18)24-13-15(11-21(24)25)22(26)23-16-3-8-19-20(12-16)28-10-9-27-19/h3-8,12,14-15H,9-11,13H2,1-2H3,(H,23,26). The smallest absolute Gasteiger partial charge is 0.229 e. The van der Waals surface area contributed by atoms with E-state index < -0.39 is 5.92 Å². The summed E-state index contributed by atoms with van der Waals surface area (Å²) in [5.74, 6) is 1.37. The molecule has 1 N–H and O–H groups in total. The van der Waals surface area contributed by atoms with Gasteiger partial charge in [-0.05, 0) is 50.2 Å². The lowest BCUT2D eigenvalue weighted by Crippen LogP contribution is -2.28. The van der Waals surface area contributed by atoms with Crippen molar-refractivity contribution < 1.29 is 23.8 Å². The van der Waals surface area contributed by atoms with Crippen LogP contribution in [0.4, 0.5) is 11.4 Å². The van der Waals surface area contributed by atoms with E-state index in [0.29, 0.717) is 36.9 Å². The molecule has 1 atom stereocenters. The maximum absolute atomic E-state index is 12.7. The second-order valence-electron chi connectivity index (χ2n) is 7.41. The first kappa shape index (κ1) is 19.1. The number of carbonyl (C=O) groups excluding carboxylic acids is 2. The molecule has 1 fully saturated rings. The molecule has 2 amide bonds. The van der Waals surface area contributed by atoms with Crippen LogP contribution >= 0.6 is 0 Å². The molecule has 0 bridgehead atoms. The highest BCUT2D eigenvalue weighted by molar-refractivity contribution is 6.03. The van der Waals surface area contributed by atoms with Gasteiger partial charge in [0.25, 0.3) is 0 Å². The largest absolute Gasteiger partial charge is 0.491 e. The zero-order valence-electron chi connectivity index (χ0n) is 16.5. The van der Waals surface area contributed by atoms with Gasteiger partial charge in [-0.25, -0.2) is 0 Å². The summed E-state index contributed by atoms with van der Waals surface area (Å²) in [6.45, 7) is 5.27. The van der Waals surface area contributed by atoms with Gasteiger partial charge in [-0.1, -0.05) is 0 Å². The summed E-state index contributed by atoms with van der Waals surface area (Å²) in [7, 11) is 0. The number of amides is 2. The summed E-state index contributed by atoms with van der Waals surface area (Å²) in [6, 6.07) is 12.7. The van der Waals surface area contributed by atoms with Crippen molar-refractivity contribution in [2.75, 3.05) is 30.0 Å². The number of benzene rings is 2. The van der Waals surface area contributed by atoms with Crippen LogP contribution in [0.5, 0.6) is 17.2 Å². The van der Waals surface area contributed by atoms with Crippen LogP contribution in [0, 0.1) is 5.92 Å². The third-order valence-electron chi connectivity index (χ3n) is 4.83. The van der Waals surface area contributed by atoms with Crippen LogP contribution in [0.2, 0.25) is 0 Å². The molecule has 2 aliphatic rings. The number of rotatable bonds is 5. The molecule has 29 heavy (non-hydrogen) atoms. The zero-order chi connectivity index (χ0) is 20.4. The molecule has 2 aromatic rings. The summed E-state index contributed by atoms with van der Waals surface area (Å²) in [5, 5.41) is 2.88. The normalized spacial score (nSPS) is 18.1. The van der Waals surface area contributed by atoms with Gasteiger partial charge in [0.2, 0.25) is 11.8 Å². The molecule has 152 valence electrons. The first-order valence-corrected chi connectivity index (χ1v) is 9.77. The minimum atomic E-state index is -0.415. The second-order valence-corrected chi connectivity index (χ2v) is 7.41. The molecule has 0 saturated carbocycles. The molecule has 2 heterocycles. The van der Waals surface area contributed by atoms with Crippen LogP contribution < -0.4 is 24.4 Å². The predicted octanol–water partition coefficient (Wildman–Crippen LogP) is 3.24. The van der Waals surface area contributed by atoms with Crippen LogP contribution in [0.1, 0.15) is 20.3 Å². The SMILES string of the molecule is CC(C)Oc1ccc(N2CC(C(=O)Nc3ccc4c(c3)OCCO4)CC2=O)cc1. The molecule has 0 radical (unpaired) electrons. The number of ether oxygens (including phenoxy) is 3. The van der Waals surface area contributed by atoms with E-state index in [2.05, 4.69) is 5.32 Å². The van der Waals surface area contributed by atoms with Gasteiger partial charge in [0.15, 0.2) is 11.5 Å². The Balaban J connectivity index is 1.40. The van der Waals surface area contributed by atoms with Crippen molar-refractivity contribution in [3.05, 3.63) is 42.5 Å². The molecule has 1 saturated heterocycles. The fraction of sp³-hybridized carbons (Fsp3) is 0.364. The van der Waals surface area contributed by atoms with Crippen LogP contribution in [-0.4, -0.2) is 37.7 Å². The quantitative estimate of drug-likeness (QED) is 0.840. The average Bonchev–Trinajstić information content (AvgIpc) is 3.10. The summed E-state index contributed by atoms with van der Waals surface area (Å²) in [5.41, 5.74) is 1.39. The number of hydrogen-bond donors (Lipinski definition) is 1. The van der Waals surface area contributed by atoms with Crippen molar-refractivity contribution in [1.29, 1.82) is 0 Å². The summed E-state index contributed by atoms with van der Waals surface area (Å²) in [6.07, 6.45) is 0.267. The fourth-order valence-corrected chi connectivity index (χ4v) is 3.47. The van der Waals surface area contributed by atoms with E-state index in [1.807, 2.05) is 38.1 Å². The number of nitrogens with one attached hydrogen (secondary N) is 1. The Labute approximate surface area is 169 Å². The van der Waals surface area contributed by atoms with Crippen molar-refractivity contribution in [3.63, 3.8) is 0 Å². The maximum Gasteiger partial charge on any atom is 0.229 e. The van der Waals surface area contributed by atoms with Gasteiger partial charge in [0.1, 0.15) is 19.0 Å². The summed E-state index contributed by atoms with van der Waals surface area (Å²) in [4.78, 5) is 26.8.